The summed E-state index contributed by atoms with van der Waals surface area (Å²) in [5.41, 5.74) is 4.76. The minimum absolute atomic E-state index is 0.0409. The van der Waals surface area contributed by atoms with Crippen molar-refractivity contribution in [3.63, 3.8) is 0 Å². The maximum absolute atomic E-state index is 13.0. The third-order valence-electron chi connectivity index (χ3n) is 4.46. The molecular weight excluding hydrogens is 393 g/mol. The number of Topliss-reactive ketones (excluding diaryl/α,β-unsaturated/α-hetero) is 1. The SMILES string of the molecule is Cn1c(=O)c(C(=O)COC(=O)c2ccc(F)cc2)c(N)n(Cc2ccccc2)c1=O. The molecule has 9 heteroatoms. The molecule has 1 aromatic heterocycles. The third-order valence-corrected chi connectivity index (χ3v) is 4.46. The van der Waals surface area contributed by atoms with Gasteiger partial charge < -0.3 is 10.5 Å². The van der Waals surface area contributed by atoms with Crippen LogP contribution in [0.3, 0.4) is 0 Å². The molecule has 3 aromatic rings. The fourth-order valence-corrected chi connectivity index (χ4v) is 2.84. The molecule has 0 spiro atoms. The van der Waals surface area contributed by atoms with E-state index in [1.165, 1.54) is 19.2 Å². The summed E-state index contributed by atoms with van der Waals surface area (Å²) in [7, 11) is 1.23. The number of hydrogen-bond donors (Lipinski definition) is 1. The average molecular weight is 411 g/mol. The Morgan fingerprint density at radius 1 is 1.03 bits per heavy atom. The van der Waals surface area contributed by atoms with Crippen LogP contribution in [0.15, 0.2) is 64.2 Å². The number of aromatic nitrogens is 2. The molecule has 0 aliphatic heterocycles. The highest BCUT2D eigenvalue weighted by atomic mass is 19.1. The van der Waals surface area contributed by atoms with E-state index in [2.05, 4.69) is 0 Å². The molecule has 2 N–H and O–H groups in total. The second-order valence-electron chi connectivity index (χ2n) is 6.48. The Balaban J connectivity index is 1.88. The van der Waals surface area contributed by atoms with Gasteiger partial charge in [0.15, 0.2) is 6.61 Å². The highest BCUT2D eigenvalue weighted by Gasteiger charge is 2.23. The van der Waals surface area contributed by atoms with Gasteiger partial charge in [0, 0.05) is 7.05 Å². The number of esters is 1. The summed E-state index contributed by atoms with van der Waals surface area (Å²) in [5.74, 6) is -2.56. The fraction of sp³-hybridized carbons (Fsp3) is 0.143. The third kappa shape index (κ3) is 4.19. The summed E-state index contributed by atoms with van der Waals surface area (Å²) in [5, 5.41) is 0. The Bertz CT molecular complexity index is 1210. The van der Waals surface area contributed by atoms with E-state index in [0.29, 0.717) is 0 Å². The lowest BCUT2D eigenvalue weighted by Crippen LogP contribution is -2.43. The number of halogens is 1. The normalized spacial score (nSPS) is 10.6. The molecule has 1 heterocycles. The van der Waals surface area contributed by atoms with E-state index >= 15 is 0 Å². The van der Waals surface area contributed by atoms with Gasteiger partial charge in [-0.05, 0) is 29.8 Å². The van der Waals surface area contributed by atoms with Gasteiger partial charge >= 0.3 is 11.7 Å². The van der Waals surface area contributed by atoms with Gasteiger partial charge in [-0.2, -0.15) is 0 Å². The van der Waals surface area contributed by atoms with E-state index in [-0.39, 0.29) is 17.9 Å². The zero-order valence-electron chi connectivity index (χ0n) is 16.0. The maximum atomic E-state index is 13.0. The van der Waals surface area contributed by atoms with Gasteiger partial charge in [-0.1, -0.05) is 30.3 Å². The van der Waals surface area contributed by atoms with Crippen LogP contribution in [0.1, 0.15) is 26.3 Å². The number of ether oxygens (including phenoxy) is 1. The summed E-state index contributed by atoms with van der Waals surface area (Å²) in [6.07, 6.45) is 0. The van der Waals surface area contributed by atoms with Crippen molar-refractivity contribution in [2.45, 2.75) is 6.54 Å². The molecular formula is C21H18FN3O5. The van der Waals surface area contributed by atoms with Crippen LogP contribution >= 0.6 is 0 Å². The molecule has 8 nitrogen and oxygen atoms in total. The summed E-state index contributed by atoms with van der Waals surface area (Å²) in [4.78, 5) is 49.6. The quantitative estimate of drug-likeness (QED) is 0.484. The standard InChI is InChI=1S/C21H18FN3O5/c1-24-19(27)17(16(26)12-30-20(28)14-7-9-15(22)10-8-14)18(23)25(21(24)29)11-13-5-3-2-4-6-13/h2-10H,11-12,23H2,1H3. The number of nitrogens with two attached hydrogens (primary N) is 1. The summed E-state index contributed by atoms with van der Waals surface area (Å²) in [6, 6.07) is 13.5. The number of hydrogen-bond acceptors (Lipinski definition) is 6. The van der Waals surface area contributed by atoms with Gasteiger partial charge in [-0.25, -0.2) is 14.0 Å². The van der Waals surface area contributed by atoms with E-state index in [0.717, 1.165) is 26.8 Å². The second kappa shape index (κ2) is 8.56. The van der Waals surface area contributed by atoms with Crippen LogP contribution in [0.2, 0.25) is 0 Å². The molecule has 0 saturated carbocycles. The highest BCUT2D eigenvalue weighted by Crippen LogP contribution is 2.10. The summed E-state index contributed by atoms with van der Waals surface area (Å²) < 4.78 is 19.7. The lowest BCUT2D eigenvalue weighted by atomic mass is 10.1. The van der Waals surface area contributed by atoms with Crippen LogP contribution in [-0.4, -0.2) is 27.5 Å². The first-order chi connectivity index (χ1) is 14.3. The van der Waals surface area contributed by atoms with E-state index < -0.39 is 41.0 Å². The lowest BCUT2D eigenvalue weighted by Gasteiger charge is -2.14. The molecule has 3 rings (SSSR count). The van der Waals surface area contributed by atoms with E-state index in [1.807, 2.05) is 0 Å². The van der Waals surface area contributed by atoms with E-state index in [1.54, 1.807) is 30.3 Å². The second-order valence-corrected chi connectivity index (χ2v) is 6.48. The molecule has 0 bridgehead atoms. The van der Waals surface area contributed by atoms with Crippen LogP contribution in [0, 0.1) is 5.82 Å². The minimum atomic E-state index is -0.885. The molecule has 0 saturated heterocycles. The van der Waals surface area contributed by atoms with Gasteiger partial charge in [0.2, 0.25) is 5.78 Å². The number of ketones is 1. The number of nitrogens with zero attached hydrogens (tertiary/aromatic N) is 2. The number of anilines is 1. The molecule has 0 aliphatic rings. The number of rotatable bonds is 6. The maximum Gasteiger partial charge on any atom is 0.338 e. The summed E-state index contributed by atoms with van der Waals surface area (Å²) in [6.45, 7) is -0.714. The van der Waals surface area contributed by atoms with Crippen LogP contribution in [0.4, 0.5) is 10.2 Å². The summed E-state index contributed by atoms with van der Waals surface area (Å²) >= 11 is 0. The van der Waals surface area contributed by atoms with Crippen LogP contribution in [0.5, 0.6) is 0 Å². The molecule has 0 radical (unpaired) electrons. The molecule has 0 aliphatic carbocycles. The van der Waals surface area contributed by atoms with E-state index in [9.17, 15) is 23.6 Å². The molecule has 0 atom stereocenters. The first-order valence-electron chi connectivity index (χ1n) is 8.88. The predicted octanol–water partition coefficient (Wildman–Crippen LogP) is 1.36. The van der Waals surface area contributed by atoms with Crippen LogP contribution < -0.4 is 17.0 Å². The monoisotopic (exact) mass is 411 g/mol. The van der Waals surface area contributed by atoms with Gasteiger partial charge in [-0.3, -0.25) is 18.7 Å². The van der Waals surface area contributed by atoms with Crippen molar-refractivity contribution in [1.82, 2.24) is 9.13 Å². The molecule has 0 amide bonds. The molecule has 0 unspecified atom stereocenters. The van der Waals surface area contributed by atoms with Crippen molar-refractivity contribution < 1.29 is 18.7 Å². The van der Waals surface area contributed by atoms with Crippen molar-refractivity contribution in [3.8, 4) is 0 Å². The fourth-order valence-electron chi connectivity index (χ4n) is 2.84. The molecule has 30 heavy (non-hydrogen) atoms. The van der Waals surface area contributed by atoms with E-state index in [4.69, 9.17) is 10.5 Å². The van der Waals surface area contributed by atoms with Crippen molar-refractivity contribution in [2.24, 2.45) is 7.05 Å². The highest BCUT2D eigenvalue weighted by molar-refractivity contribution is 6.02. The van der Waals surface area contributed by atoms with Gasteiger partial charge in [0.25, 0.3) is 5.56 Å². The number of carbonyl (C=O) groups is 2. The Hall–Kier alpha value is -4.01. The van der Waals surface area contributed by atoms with Crippen molar-refractivity contribution >= 4 is 17.6 Å². The van der Waals surface area contributed by atoms with Crippen molar-refractivity contribution in [2.75, 3.05) is 12.3 Å². The first-order valence-corrected chi connectivity index (χ1v) is 8.88. The van der Waals surface area contributed by atoms with Crippen LogP contribution in [0.25, 0.3) is 0 Å². The van der Waals surface area contributed by atoms with Crippen LogP contribution in [-0.2, 0) is 18.3 Å². The molecule has 2 aromatic carbocycles. The minimum Gasteiger partial charge on any atom is -0.454 e. The Morgan fingerprint density at radius 2 is 1.67 bits per heavy atom. The number of carbonyl (C=O) groups excluding carboxylic acids is 2. The van der Waals surface area contributed by atoms with Crippen molar-refractivity contribution in [3.05, 3.63) is 97.9 Å². The topological polar surface area (TPSA) is 113 Å². The molecule has 154 valence electrons. The van der Waals surface area contributed by atoms with Gasteiger partial charge in [-0.15, -0.1) is 0 Å². The predicted molar refractivity (Wildman–Crippen MR) is 107 cm³/mol. The Labute approximate surface area is 169 Å². The van der Waals surface area contributed by atoms with Gasteiger partial charge in [0.05, 0.1) is 12.1 Å². The number of benzene rings is 2. The smallest absolute Gasteiger partial charge is 0.338 e. The largest absolute Gasteiger partial charge is 0.454 e. The zero-order chi connectivity index (χ0) is 21.8. The lowest BCUT2D eigenvalue weighted by molar-refractivity contribution is 0.0474. The Morgan fingerprint density at radius 3 is 2.30 bits per heavy atom. The average Bonchev–Trinajstić information content (AvgIpc) is 2.75. The van der Waals surface area contributed by atoms with Gasteiger partial charge in [0.1, 0.15) is 17.2 Å². The van der Waals surface area contributed by atoms with Crippen molar-refractivity contribution in [1.29, 1.82) is 0 Å². The Kier molecular flexibility index (Phi) is 5.91. The zero-order valence-corrected chi connectivity index (χ0v) is 16.0. The number of nitrogen functional groups attached to an aromatic ring is 1. The molecule has 0 fully saturated rings. The first kappa shape index (κ1) is 20.7.